The van der Waals surface area contributed by atoms with Gasteiger partial charge < -0.3 is 9.92 Å². The molecular weight excluding hydrogens is 338 g/mol. The first-order valence-corrected chi connectivity index (χ1v) is 8.87. The third kappa shape index (κ3) is 3.54. The molecule has 0 aliphatic rings. The smallest absolute Gasteiger partial charge is 0.339 e. The number of rotatable bonds is 5. The maximum Gasteiger partial charge on any atom is 0.339 e. The molecule has 5 nitrogen and oxygen atoms in total. The van der Waals surface area contributed by atoms with E-state index < -0.39 is 16.0 Å². The molecule has 1 amide bonds. The number of hydrogen-bond donors (Lipinski definition) is 1. The highest BCUT2D eigenvalue weighted by Gasteiger charge is 2.23. The lowest BCUT2D eigenvalue weighted by Gasteiger charge is -2.13. The Balaban J connectivity index is 2.07. The molecule has 6 heteroatoms. The summed E-state index contributed by atoms with van der Waals surface area (Å²) in [5, 5.41) is 0. The van der Waals surface area contributed by atoms with Crippen molar-refractivity contribution in [2.45, 2.75) is 4.90 Å². The summed E-state index contributed by atoms with van der Waals surface area (Å²) in [6.07, 6.45) is 0. The second kappa shape index (κ2) is 6.78. The average Bonchev–Trinajstić information content (AvgIpc) is 2.62. The maximum atomic E-state index is 12.8. The van der Waals surface area contributed by atoms with E-state index in [1.807, 2.05) is 30.3 Å². The van der Waals surface area contributed by atoms with Crippen molar-refractivity contribution in [2.24, 2.45) is 5.73 Å². The van der Waals surface area contributed by atoms with E-state index in [9.17, 15) is 13.2 Å². The van der Waals surface area contributed by atoms with E-state index in [1.165, 1.54) is 18.2 Å². The van der Waals surface area contributed by atoms with Crippen LogP contribution in [0.25, 0.3) is 11.1 Å². The Kier molecular flexibility index (Phi) is 4.54. The maximum absolute atomic E-state index is 12.8. The van der Waals surface area contributed by atoms with Crippen molar-refractivity contribution < 1.29 is 17.4 Å². The van der Waals surface area contributed by atoms with E-state index in [-0.39, 0.29) is 16.2 Å². The van der Waals surface area contributed by atoms with Gasteiger partial charge in [-0.25, -0.2) is 0 Å². The van der Waals surface area contributed by atoms with Crippen LogP contribution in [0.15, 0.2) is 83.8 Å². The lowest BCUT2D eigenvalue weighted by molar-refractivity contribution is 0.0999. The second-order valence-corrected chi connectivity index (χ2v) is 6.77. The summed E-state index contributed by atoms with van der Waals surface area (Å²) in [7, 11) is -4.16. The fraction of sp³-hybridized carbons (Fsp3) is 0. The second-order valence-electron chi connectivity index (χ2n) is 5.26. The number of primary amides is 1. The molecule has 0 saturated heterocycles. The molecule has 0 heterocycles. The first-order valence-electron chi connectivity index (χ1n) is 7.47. The van der Waals surface area contributed by atoms with E-state index in [0.717, 1.165) is 5.56 Å². The molecule has 0 unspecified atom stereocenters. The number of benzene rings is 3. The van der Waals surface area contributed by atoms with Crippen LogP contribution in [0.4, 0.5) is 0 Å². The number of carbonyl (C=O) groups is 1. The molecule has 0 aliphatic heterocycles. The van der Waals surface area contributed by atoms with Gasteiger partial charge >= 0.3 is 10.1 Å². The molecule has 0 spiro atoms. The highest BCUT2D eigenvalue weighted by Crippen LogP contribution is 2.30. The van der Waals surface area contributed by atoms with Crippen LogP contribution in [0, 0.1) is 0 Å². The van der Waals surface area contributed by atoms with Crippen LogP contribution in [0.2, 0.25) is 0 Å². The lowest BCUT2D eigenvalue weighted by atomic mass is 10.1. The topological polar surface area (TPSA) is 86.5 Å². The summed E-state index contributed by atoms with van der Waals surface area (Å²) < 4.78 is 30.8. The molecule has 0 aromatic heterocycles. The highest BCUT2D eigenvalue weighted by molar-refractivity contribution is 7.87. The van der Waals surface area contributed by atoms with Crippen molar-refractivity contribution in [3.63, 3.8) is 0 Å². The minimum absolute atomic E-state index is 0.00303. The molecule has 126 valence electrons. The molecule has 0 atom stereocenters. The average molecular weight is 353 g/mol. The summed E-state index contributed by atoms with van der Waals surface area (Å²) in [5.74, 6) is -0.861. The van der Waals surface area contributed by atoms with Crippen LogP contribution >= 0.6 is 0 Å². The summed E-state index contributed by atoms with van der Waals surface area (Å²) >= 11 is 0. The van der Waals surface area contributed by atoms with Crippen molar-refractivity contribution in [3.05, 3.63) is 84.4 Å². The molecule has 0 saturated carbocycles. The Hall–Kier alpha value is -3.12. The highest BCUT2D eigenvalue weighted by atomic mass is 32.2. The van der Waals surface area contributed by atoms with Gasteiger partial charge in [-0.05, 0) is 23.8 Å². The molecule has 0 radical (unpaired) electrons. The number of nitrogens with two attached hydrogens (primary N) is 1. The third-order valence-electron chi connectivity index (χ3n) is 3.59. The van der Waals surface area contributed by atoms with Gasteiger partial charge in [0.1, 0.15) is 4.90 Å². The number of hydrogen-bond acceptors (Lipinski definition) is 4. The summed E-state index contributed by atoms with van der Waals surface area (Å²) in [6, 6.07) is 21.6. The minimum atomic E-state index is -4.16. The molecule has 0 bridgehead atoms. The predicted octanol–water partition coefficient (Wildman–Crippen LogP) is 3.22. The Bertz CT molecular complexity index is 1010. The number of para-hydroxylation sites is 1. The van der Waals surface area contributed by atoms with Crippen LogP contribution in [-0.2, 0) is 10.1 Å². The quantitative estimate of drug-likeness (QED) is 0.714. The predicted molar refractivity (Wildman–Crippen MR) is 94.7 cm³/mol. The molecular formula is C19H15NO4S. The van der Waals surface area contributed by atoms with E-state index in [0.29, 0.717) is 5.56 Å². The van der Waals surface area contributed by atoms with Crippen LogP contribution in [0.3, 0.4) is 0 Å². The van der Waals surface area contributed by atoms with Gasteiger partial charge in [0.25, 0.3) is 5.91 Å². The molecule has 0 fully saturated rings. The first kappa shape index (κ1) is 16.7. The Morgan fingerprint density at radius 3 is 2.12 bits per heavy atom. The van der Waals surface area contributed by atoms with E-state index in [2.05, 4.69) is 0 Å². The van der Waals surface area contributed by atoms with Crippen molar-refractivity contribution in [3.8, 4) is 16.9 Å². The minimum Gasteiger partial charge on any atom is -0.378 e. The van der Waals surface area contributed by atoms with Gasteiger partial charge in [-0.3, -0.25) is 4.79 Å². The molecule has 3 rings (SSSR count). The normalized spacial score (nSPS) is 11.0. The number of carbonyl (C=O) groups excluding carboxylic acids is 1. The van der Waals surface area contributed by atoms with Gasteiger partial charge in [0.05, 0.1) is 5.56 Å². The zero-order valence-electron chi connectivity index (χ0n) is 13.1. The van der Waals surface area contributed by atoms with E-state index in [1.54, 1.807) is 30.3 Å². The first-order chi connectivity index (χ1) is 12.0. The van der Waals surface area contributed by atoms with Gasteiger partial charge in [0, 0.05) is 5.56 Å². The van der Waals surface area contributed by atoms with Gasteiger partial charge in [0.2, 0.25) is 0 Å². The van der Waals surface area contributed by atoms with Gasteiger partial charge in [-0.2, -0.15) is 8.42 Å². The van der Waals surface area contributed by atoms with Crippen LogP contribution in [-0.4, -0.2) is 14.3 Å². The fourth-order valence-electron chi connectivity index (χ4n) is 2.45. The summed E-state index contributed by atoms with van der Waals surface area (Å²) in [6.45, 7) is 0. The Morgan fingerprint density at radius 2 is 1.40 bits per heavy atom. The molecule has 25 heavy (non-hydrogen) atoms. The fourth-order valence-corrected chi connectivity index (χ4v) is 3.62. The van der Waals surface area contributed by atoms with Crippen molar-refractivity contribution in [2.75, 3.05) is 0 Å². The Morgan fingerprint density at radius 1 is 0.800 bits per heavy atom. The standard InChI is InChI=1S/C19H15NO4S/c20-19(21)16-11-4-6-12-17(16)24-25(22,23)18-13-7-5-10-15(18)14-8-2-1-3-9-14/h1-13H,(H2,20,21). The third-order valence-corrected chi connectivity index (χ3v) is 4.89. The van der Waals surface area contributed by atoms with Crippen LogP contribution in [0.5, 0.6) is 5.75 Å². The molecule has 2 N–H and O–H groups in total. The monoisotopic (exact) mass is 353 g/mol. The van der Waals surface area contributed by atoms with Crippen LogP contribution < -0.4 is 9.92 Å². The van der Waals surface area contributed by atoms with Gasteiger partial charge in [-0.15, -0.1) is 0 Å². The van der Waals surface area contributed by atoms with Crippen molar-refractivity contribution in [1.29, 1.82) is 0 Å². The SMILES string of the molecule is NC(=O)c1ccccc1OS(=O)(=O)c1ccccc1-c1ccccc1. The van der Waals surface area contributed by atoms with Gasteiger partial charge in [-0.1, -0.05) is 60.7 Å². The Labute approximate surface area is 145 Å². The molecule has 0 aliphatic carbocycles. The lowest BCUT2D eigenvalue weighted by Crippen LogP contribution is -2.16. The molecule has 3 aromatic rings. The summed E-state index contributed by atoms with van der Waals surface area (Å²) in [4.78, 5) is 11.5. The summed E-state index contributed by atoms with van der Waals surface area (Å²) in [5.41, 5.74) is 6.54. The van der Waals surface area contributed by atoms with E-state index in [4.69, 9.17) is 9.92 Å². The molecule has 3 aromatic carbocycles. The zero-order chi connectivity index (χ0) is 17.9. The van der Waals surface area contributed by atoms with Crippen molar-refractivity contribution in [1.82, 2.24) is 0 Å². The zero-order valence-corrected chi connectivity index (χ0v) is 13.9. The number of amides is 1. The largest absolute Gasteiger partial charge is 0.378 e. The van der Waals surface area contributed by atoms with E-state index >= 15 is 0 Å². The van der Waals surface area contributed by atoms with Gasteiger partial charge in [0.15, 0.2) is 5.75 Å². The van der Waals surface area contributed by atoms with Crippen LogP contribution in [0.1, 0.15) is 10.4 Å². The van der Waals surface area contributed by atoms with Crippen molar-refractivity contribution >= 4 is 16.0 Å².